The Morgan fingerprint density at radius 2 is 1.88 bits per heavy atom. The van der Waals surface area contributed by atoms with Gasteiger partial charge in [0.05, 0.1) is 17.1 Å². The summed E-state index contributed by atoms with van der Waals surface area (Å²) in [4.78, 5) is 8.68. The van der Waals surface area contributed by atoms with Crippen molar-refractivity contribution < 1.29 is 0 Å². The third-order valence-corrected chi connectivity index (χ3v) is 4.44. The molecule has 0 spiro atoms. The first-order valence-electron chi connectivity index (χ1n) is 8.25. The predicted molar refractivity (Wildman–Crippen MR) is 98.1 cm³/mol. The number of aromatic nitrogens is 5. The number of pyridine rings is 1. The largest absolute Gasteiger partial charge is 0.378 e. The van der Waals surface area contributed by atoms with Crippen LogP contribution in [-0.2, 0) is 6.54 Å². The third kappa shape index (κ3) is 2.87. The van der Waals surface area contributed by atoms with Gasteiger partial charge in [-0.3, -0.25) is 0 Å². The highest BCUT2D eigenvalue weighted by molar-refractivity contribution is 5.71. The van der Waals surface area contributed by atoms with Crippen LogP contribution in [0.1, 0.15) is 22.4 Å². The quantitative estimate of drug-likeness (QED) is 0.622. The van der Waals surface area contributed by atoms with E-state index in [2.05, 4.69) is 58.5 Å². The van der Waals surface area contributed by atoms with Crippen LogP contribution in [0.3, 0.4) is 0 Å². The van der Waals surface area contributed by atoms with Gasteiger partial charge in [-0.15, -0.1) is 0 Å². The first-order valence-corrected chi connectivity index (χ1v) is 8.25. The lowest BCUT2D eigenvalue weighted by Gasteiger charge is -2.14. The first kappa shape index (κ1) is 15.4. The van der Waals surface area contributed by atoms with E-state index in [4.69, 9.17) is 0 Å². The van der Waals surface area contributed by atoms with E-state index in [1.165, 1.54) is 23.0 Å². The van der Waals surface area contributed by atoms with Gasteiger partial charge in [-0.1, -0.05) is 18.2 Å². The minimum absolute atomic E-state index is 0.751. The lowest BCUT2D eigenvalue weighted by molar-refractivity contribution is 0.868. The van der Waals surface area contributed by atoms with Crippen LogP contribution in [0.5, 0.6) is 0 Å². The second-order valence-corrected chi connectivity index (χ2v) is 6.29. The number of nitrogens with one attached hydrogen (secondary N) is 1. The summed E-state index contributed by atoms with van der Waals surface area (Å²) in [5.74, 6) is 0. The Morgan fingerprint density at radius 1 is 1.08 bits per heavy atom. The molecule has 0 radical (unpaired) electrons. The molecule has 0 aliphatic rings. The summed E-state index contributed by atoms with van der Waals surface area (Å²) in [5.41, 5.74) is 7.69. The number of rotatable bonds is 4. The minimum Gasteiger partial charge on any atom is -0.378 e. The fourth-order valence-corrected chi connectivity index (χ4v) is 3.11. The molecule has 0 bridgehead atoms. The normalized spacial score (nSPS) is 11.2. The van der Waals surface area contributed by atoms with Crippen molar-refractivity contribution in [3.05, 3.63) is 71.7 Å². The lowest BCUT2D eigenvalue weighted by Crippen LogP contribution is -2.06. The number of nitrogens with zero attached hydrogens (tertiary/aromatic N) is 5. The average molecular weight is 332 g/mol. The van der Waals surface area contributed by atoms with E-state index in [1.54, 1.807) is 11.0 Å². The highest BCUT2D eigenvalue weighted by Gasteiger charge is 2.10. The summed E-state index contributed by atoms with van der Waals surface area (Å²) in [7, 11) is 0. The highest BCUT2D eigenvalue weighted by Crippen LogP contribution is 2.23. The van der Waals surface area contributed by atoms with Crippen LogP contribution in [0.15, 0.2) is 49.3 Å². The van der Waals surface area contributed by atoms with Gasteiger partial charge >= 0.3 is 0 Å². The minimum atomic E-state index is 0.751. The van der Waals surface area contributed by atoms with Gasteiger partial charge in [-0.2, -0.15) is 5.10 Å². The fraction of sp³-hybridized carbons (Fsp3) is 0.211. The molecular weight excluding hydrogens is 312 g/mol. The Kier molecular flexibility index (Phi) is 3.72. The Labute approximate surface area is 146 Å². The van der Waals surface area contributed by atoms with Gasteiger partial charge in [0.2, 0.25) is 0 Å². The molecule has 25 heavy (non-hydrogen) atoms. The summed E-state index contributed by atoms with van der Waals surface area (Å²) in [6, 6.07) is 8.44. The maximum atomic E-state index is 4.65. The van der Waals surface area contributed by atoms with Gasteiger partial charge in [0.15, 0.2) is 5.65 Å². The molecule has 0 saturated carbocycles. The summed E-state index contributed by atoms with van der Waals surface area (Å²) in [6.45, 7) is 7.04. The molecule has 0 aliphatic carbocycles. The smallest absolute Gasteiger partial charge is 0.160 e. The van der Waals surface area contributed by atoms with E-state index in [1.807, 2.05) is 23.7 Å². The zero-order chi connectivity index (χ0) is 17.4. The van der Waals surface area contributed by atoms with Gasteiger partial charge in [-0.05, 0) is 43.5 Å². The third-order valence-electron chi connectivity index (χ3n) is 4.44. The van der Waals surface area contributed by atoms with E-state index >= 15 is 0 Å². The Balaban J connectivity index is 1.75. The molecule has 0 aliphatic heterocycles. The maximum absolute atomic E-state index is 4.65. The molecule has 3 heterocycles. The summed E-state index contributed by atoms with van der Waals surface area (Å²) in [6.07, 6.45) is 7.25. The molecule has 0 fully saturated rings. The molecule has 1 N–H and O–H groups in total. The van der Waals surface area contributed by atoms with E-state index in [0.29, 0.717) is 0 Å². The predicted octanol–water partition coefficient (Wildman–Crippen LogP) is 3.45. The molecule has 0 saturated heterocycles. The molecule has 0 amide bonds. The topological polar surface area (TPSA) is 60.0 Å². The molecular formula is C19H20N6. The SMILES string of the molecule is Cc1cn2cc(-n3cncn3)cc(NCc3c(C)cccc3C)c2n1. The molecule has 6 heteroatoms. The van der Waals surface area contributed by atoms with Crippen molar-refractivity contribution in [1.82, 2.24) is 24.1 Å². The number of imidazole rings is 1. The lowest BCUT2D eigenvalue weighted by atomic mass is 10.0. The van der Waals surface area contributed by atoms with Crippen LogP contribution in [0.25, 0.3) is 11.3 Å². The van der Waals surface area contributed by atoms with Crippen LogP contribution < -0.4 is 5.32 Å². The van der Waals surface area contributed by atoms with Crippen molar-refractivity contribution in [2.75, 3.05) is 5.32 Å². The van der Waals surface area contributed by atoms with Crippen molar-refractivity contribution >= 4 is 11.3 Å². The van der Waals surface area contributed by atoms with Crippen molar-refractivity contribution in [3.8, 4) is 5.69 Å². The first-order chi connectivity index (χ1) is 12.1. The second kappa shape index (κ2) is 6.05. The van der Waals surface area contributed by atoms with E-state index in [-0.39, 0.29) is 0 Å². The van der Waals surface area contributed by atoms with Gasteiger partial charge in [-0.25, -0.2) is 14.6 Å². The number of fused-ring (bicyclic) bond motifs is 1. The van der Waals surface area contributed by atoms with Gasteiger partial charge in [0.1, 0.15) is 12.7 Å². The van der Waals surface area contributed by atoms with Crippen LogP contribution in [0.4, 0.5) is 5.69 Å². The van der Waals surface area contributed by atoms with E-state index < -0.39 is 0 Å². The zero-order valence-electron chi connectivity index (χ0n) is 14.6. The zero-order valence-corrected chi connectivity index (χ0v) is 14.6. The van der Waals surface area contributed by atoms with Gasteiger partial charge in [0.25, 0.3) is 0 Å². The number of hydrogen-bond donors (Lipinski definition) is 1. The molecule has 4 rings (SSSR count). The monoisotopic (exact) mass is 332 g/mol. The fourth-order valence-electron chi connectivity index (χ4n) is 3.11. The van der Waals surface area contributed by atoms with Crippen LogP contribution in [0.2, 0.25) is 0 Å². The Hall–Kier alpha value is -3.15. The molecule has 3 aromatic heterocycles. The van der Waals surface area contributed by atoms with Crippen molar-refractivity contribution in [3.63, 3.8) is 0 Å². The maximum Gasteiger partial charge on any atom is 0.160 e. The molecule has 6 nitrogen and oxygen atoms in total. The molecule has 4 aromatic rings. The summed E-state index contributed by atoms with van der Waals surface area (Å²) in [5, 5.41) is 7.79. The van der Waals surface area contributed by atoms with Crippen LogP contribution in [-0.4, -0.2) is 24.1 Å². The number of anilines is 1. The van der Waals surface area contributed by atoms with Crippen LogP contribution in [0, 0.1) is 20.8 Å². The molecule has 126 valence electrons. The van der Waals surface area contributed by atoms with Crippen molar-refractivity contribution in [1.29, 1.82) is 0 Å². The molecule has 0 unspecified atom stereocenters. The van der Waals surface area contributed by atoms with E-state index in [0.717, 1.165) is 29.3 Å². The van der Waals surface area contributed by atoms with Crippen molar-refractivity contribution in [2.45, 2.75) is 27.3 Å². The van der Waals surface area contributed by atoms with Crippen LogP contribution >= 0.6 is 0 Å². The second-order valence-electron chi connectivity index (χ2n) is 6.29. The summed E-state index contributed by atoms with van der Waals surface area (Å²) < 4.78 is 3.78. The Bertz CT molecular complexity index is 1010. The number of hydrogen-bond acceptors (Lipinski definition) is 4. The molecule has 1 aromatic carbocycles. The highest BCUT2D eigenvalue weighted by atomic mass is 15.3. The summed E-state index contributed by atoms with van der Waals surface area (Å²) >= 11 is 0. The average Bonchev–Trinajstić information content (AvgIpc) is 3.22. The Morgan fingerprint density at radius 3 is 2.60 bits per heavy atom. The van der Waals surface area contributed by atoms with Gasteiger partial charge < -0.3 is 9.72 Å². The number of aryl methyl sites for hydroxylation is 3. The number of benzene rings is 1. The van der Waals surface area contributed by atoms with E-state index in [9.17, 15) is 0 Å². The van der Waals surface area contributed by atoms with Crippen molar-refractivity contribution in [2.24, 2.45) is 0 Å². The standard InChI is InChI=1S/C19H20N6/c1-13-5-4-6-14(2)17(13)8-21-18-7-16(25-12-20-11-22-25)10-24-9-15(3)23-19(18)24/h4-7,9-12,21H,8H2,1-3H3. The van der Waals surface area contributed by atoms with Gasteiger partial charge in [0, 0.05) is 18.9 Å². The molecule has 0 atom stereocenters.